The van der Waals surface area contributed by atoms with Crippen LogP contribution in [0.1, 0.15) is 38.2 Å². The number of piperidine rings is 2. The average molecular weight is 346 g/mol. The fraction of sp³-hybridized carbons (Fsp3) is 0.650. The third-order valence-electron chi connectivity index (χ3n) is 5.73. The number of amides is 1. The summed E-state index contributed by atoms with van der Waals surface area (Å²) in [6, 6.07) is 5.61. The zero-order valence-corrected chi connectivity index (χ0v) is 15.4. The van der Waals surface area contributed by atoms with E-state index in [1.54, 1.807) is 13.2 Å². The summed E-state index contributed by atoms with van der Waals surface area (Å²) in [6.07, 6.45) is 4.10. The molecule has 2 heterocycles. The summed E-state index contributed by atoms with van der Waals surface area (Å²) in [5.74, 6) is 2.02. The van der Waals surface area contributed by atoms with Gasteiger partial charge in [0.15, 0.2) is 11.5 Å². The van der Waals surface area contributed by atoms with Gasteiger partial charge >= 0.3 is 0 Å². The number of hydrogen-bond donors (Lipinski definition) is 1. The van der Waals surface area contributed by atoms with Gasteiger partial charge in [-0.15, -0.1) is 0 Å². The van der Waals surface area contributed by atoms with Gasteiger partial charge in [-0.05, 0) is 50.8 Å². The first-order valence-electron chi connectivity index (χ1n) is 9.44. The van der Waals surface area contributed by atoms with E-state index in [0.29, 0.717) is 18.2 Å². The van der Waals surface area contributed by atoms with E-state index in [4.69, 9.17) is 4.74 Å². The van der Waals surface area contributed by atoms with Crippen LogP contribution < -0.4 is 4.74 Å². The molecule has 0 aliphatic carbocycles. The molecule has 0 radical (unpaired) electrons. The van der Waals surface area contributed by atoms with Gasteiger partial charge in [0.05, 0.1) is 7.11 Å². The second kappa shape index (κ2) is 8.09. The third kappa shape index (κ3) is 4.27. The molecule has 1 amide bonds. The van der Waals surface area contributed by atoms with Crippen LogP contribution in [-0.2, 0) is 11.3 Å². The lowest BCUT2D eigenvalue weighted by molar-refractivity contribution is -0.138. The third-order valence-corrected chi connectivity index (χ3v) is 5.73. The van der Waals surface area contributed by atoms with Gasteiger partial charge in [0, 0.05) is 31.1 Å². The second-order valence-electron chi connectivity index (χ2n) is 7.53. The number of ether oxygens (including phenoxy) is 1. The molecule has 2 aliphatic rings. The van der Waals surface area contributed by atoms with E-state index in [9.17, 15) is 9.90 Å². The first kappa shape index (κ1) is 18.1. The molecule has 1 N–H and O–H groups in total. The highest BCUT2D eigenvalue weighted by molar-refractivity contribution is 5.79. The molecule has 1 aromatic carbocycles. The Hall–Kier alpha value is -1.75. The number of hydrogen-bond acceptors (Lipinski definition) is 4. The Balaban J connectivity index is 1.51. The highest BCUT2D eigenvalue weighted by Gasteiger charge is 2.30. The van der Waals surface area contributed by atoms with Crippen molar-refractivity contribution in [3.63, 3.8) is 0 Å². The molecule has 2 saturated heterocycles. The van der Waals surface area contributed by atoms with E-state index in [2.05, 4.69) is 16.7 Å². The molecule has 25 heavy (non-hydrogen) atoms. The quantitative estimate of drug-likeness (QED) is 0.911. The van der Waals surface area contributed by atoms with Gasteiger partial charge in [-0.25, -0.2) is 0 Å². The Morgan fingerprint density at radius 3 is 2.48 bits per heavy atom. The maximum absolute atomic E-state index is 12.7. The molecule has 5 heteroatoms. The van der Waals surface area contributed by atoms with Crippen molar-refractivity contribution in [2.75, 3.05) is 33.3 Å². The molecule has 0 aromatic heterocycles. The van der Waals surface area contributed by atoms with Crippen LogP contribution in [0.25, 0.3) is 0 Å². The summed E-state index contributed by atoms with van der Waals surface area (Å²) in [4.78, 5) is 17.1. The molecular formula is C20H30N2O3. The Bertz CT molecular complexity index is 589. The summed E-state index contributed by atoms with van der Waals surface area (Å²) in [7, 11) is 1.57. The van der Waals surface area contributed by atoms with Gasteiger partial charge in [-0.1, -0.05) is 19.1 Å². The van der Waals surface area contributed by atoms with E-state index >= 15 is 0 Å². The summed E-state index contributed by atoms with van der Waals surface area (Å²) in [5.41, 5.74) is 0.883. The van der Waals surface area contributed by atoms with E-state index in [0.717, 1.165) is 63.3 Å². The molecule has 2 aliphatic heterocycles. The monoisotopic (exact) mass is 346 g/mol. The molecule has 0 spiro atoms. The van der Waals surface area contributed by atoms with Gasteiger partial charge < -0.3 is 14.7 Å². The first-order chi connectivity index (χ1) is 12.1. The SMILES string of the molecule is COc1cccc(CN2CCC(C(=O)N3CCC(C)CC3)CC2)c1O. The number of methoxy groups -OCH3 is 1. The number of rotatable bonds is 4. The van der Waals surface area contributed by atoms with Crippen molar-refractivity contribution < 1.29 is 14.6 Å². The molecular weight excluding hydrogens is 316 g/mol. The molecule has 138 valence electrons. The second-order valence-corrected chi connectivity index (χ2v) is 7.53. The number of phenolic OH excluding ortho intramolecular Hbond substituents is 1. The zero-order valence-electron chi connectivity index (χ0n) is 15.4. The van der Waals surface area contributed by atoms with E-state index in [-0.39, 0.29) is 11.7 Å². The molecule has 3 rings (SSSR count). The smallest absolute Gasteiger partial charge is 0.225 e. The Kier molecular flexibility index (Phi) is 5.84. The fourth-order valence-electron chi connectivity index (χ4n) is 3.93. The van der Waals surface area contributed by atoms with Crippen molar-refractivity contribution in [3.05, 3.63) is 23.8 Å². The van der Waals surface area contributed by atoms with E-state index in [1.165, 1.54) is 0 Å². The highest BCUT2D eigenvalue weighted by atomic mass is 16.5. The minimum absolute atomic E-state index is 0.170. The first-order valence-corrected chi connectivity index (χ1v) is 9.44. The molecule has 0 bridgehead atoms. The lowest BCUT2D eigenvalue weighted by Gasteiger charge is -2.36. The summed E-state index contributed by atoms with van der Waals surface area (Å²) < 4.78 is 5.18. The molecule has 5 nitrogen and oxygen atoms in total. The van der Waals surface area contributed by atoms with Gasteiger partial charge in [0.25, 0.3) is 0 Å². The summed E-state index contributed by atoms with van der Waals surface area (Å²) >= 11 is 0. The number of carbonyl (C=O) groups excluding carboxylic acids is 1. The number of para-hydroxylation sites is 1. The predicted molar refractivity (Wildman–Crippen MR) is 97.6 cm³/mol. The molecule has 0 atom stereocenters. The Labute approximate surface area is 150 Å². The van der Waals surface area contributed by atoms with Gasteiger partial charge in [0.2, 0.25) is 5.91 Å². The van der Waals surface area contributed by atoms with Crippen molar-refractivity contribution >= 4 is 5.91 Å². The van der Waals surface area contributed by atoms with Crippen LogP contribution in [-0.4, -0.2) is 54.1 Å². The standard InChI is InChI=1S/C20H30N2O3/c1-15-6-12-22(13-7-15)20(24)16-8-10-21(11-9-16)14-17-4-3-5-18(25-2)19(17)23/h3-5,15-16,23H,6-14H2,1-2H3. The minimum atomic E-state index is 0.170. The maximum atomic E-state index is 12.7. The maximum Gasteiger partial charge on any atom is 0.225 e. The van der Waals surface area contributed by atoms with Crippen molar-refractivity contribution in [2.45, 2.75) is 39.2 Å². The fourth-order valence-corrected chi connectivity index (χ4v) is 3.93. The topological polar surface area (TPSA) is 53.0 Å². The van der Waals surface area contributed by atoms with E-state index < -0.39 is 0 Å². The van der Waals surface area contributed by atoms with Crippen molar-refractivity contribution in [2.24, 2.45) is 11.8 Å². The number of benzene rings is 1. The number of phenols is 1. The van der Waals surface area contributed by atoms with Crippen LogP contribution in [0.5, 0.6) is 11.5 Å². The van der Waals surface area contributed by atoms with Crippen LogP contribution >= 0.6 is 0 Å². The van der Waals surface area contributed by atoms with Crippen molar-refractivity contribution in [1.82, 2.24) is 9.80 Å². The normalized spacial score (nSPS) is 20.6. The van der Waals surface area contributed by atoms with E-state index in [1.807, 2.05) is 12.1 Å². The van der Waals surface area contributed by atoms with Crippen LogP contribution in [0.4, 0.5) is 0 Å². The number of nitrogens with zero attached hydrogens (tertiary/aromatic N) is 2. The van der Waals surface area contributed by atoms with Gasteiger partial charge in [0.1, 0.15) is 0 Å². The molecule has 0 saturated carbocycles. The van der Waals surface area contributed by atoms with Crippen LogP contribution in [0.15, 0.2) is 18.2 Å². The lowest BCUT2D eigenvalue weighted by atomic mass is 9.92. The van der Waals surface area contributed by atoms with Crippen LogP contribution in [0.2, 0.25) is 0 Å². The van der Waals surface area contributed by atoms with Gasteiger partial charge in [-0.3, -0.25) is 9.69 Å². The Morgan fingerprint density at radius 1 is 1.16 bits per heavy atom. The average Bonchev–Trinajstić information content (AvgIpc) is 2.64. The molecule has 2 fully saturated rings. The van der Waals surface area contributed by atoms with Crippen LogP contribution in [0, 0.1) is 11.8 Å². The van der Waals surface area contributed by atoms with Crippen molar-refractivity contribution in [1.29, 1.82) is 0 Å². The van der Waals surface area contributed by atoms with Gasteiger partial charge in [-0.2, -0.15) is 0 Å². The highest BCUT2D eigenvalue weighted by Crippen LogP contribution is 2.31. The molecule has 1 aromatic rings. The van der Waals surface area contributed by atoms with Crippen molar-refractivity contribution in [3.8, 4) is 11.5 Å². The number of carbonyl (C=O) groups is 1. The van der Waals surface area contributed by atoms with Crippen LogP contribution in [0.3, 0.4) is 0 Å². The Morgan fingerprint density at radius 2 is 1.84 bits per heavy atom. The summed E-state index contributed by atoms with van der Waals surface area (Å²) in [6.45, 7) is 6.63. The molecule has 0 unspecified atom stereocenters. The lowest BCUT2D eigenvalue weighted by Crippen LogP contribution is -2.45. The zero-order chi connectivity index (χ0) is 17.8. The largest absolute Gasteiger partial charge is 0.504 e. The number of aromatic hydroxyl groups is 1. The number of likely N-dealkylation sites (tertiary alicyclic amines) is 2. The summed E-state index contributed by atoms with van der Waals surface area (Å²) in [5, 5.41) is 10.2. The minimum Gasteiger partial charge on any atom is -0.504 e. The predicted octanol–water partition coefficient (Wildman–Crippen LogP) is 2.87.